The van der Waals surface area contributed by atoms with Crippen molar-refractivity contribution in [3.8, 4) is 0 Å². The third kappa shape index (κ3) is 3.71. The zero-order valence-corrected chi connectivity index (χ0v) is 11.1. The Hall–Kier alpha value is -2.04. The minimum Gasteiger partial charge on any atom is -0.266 e. The molecule has 0 spiro atoms. The van der Waals surface area contributed by atoms with Crippen LogP contribution < -0.4 is 10.9 Å². The van der Waals surface area contributed by atoms with Gasteiger partial charge in [0.1, 0.15) is 0 Å². The summed E-state index contributed by atoms with van der Waals surface area (Å²) in [5.74, 6) is -35.4. The van der Waals surface area contributed by atoms with Gasteiger partial charge >= 0.3 is 47.9 Å². The maximum Gasteiger partial charge on any atom is 0.460 e. The number of alkyl halides is 14. The first-order chi connectivity index (χ1) is 11.0. The average molecular weight is 424 g/mol. The van der Waals surface area contributed by atoms with Crippen LogP contribution in [0.4, 0.5) is 61.5 Å². The molecule has 0 saturated heterocycles. The summed E-state index contributed by atoms with van der Waals surface area (Å²) in [7, 11) is 0. The second kappa shape index (κ2) is 6.29. The third-order valence-corrected chi connectivity index (χ3v) is 2.36. The van der Waals surface area contributed by atoms with Gasteiger partial charge in [0, 0.05) is 0 Å². The van der Waals surface area contributed by atoms with Gasteiger partial charge in [-0.25, -0.2) is 0 Å². The molecule has 0 bridgehead atoms. The number of hydrogen-bond donors (Lipinski definition) is 2. The molecule has 0 aliphatic carbocycles. The lowest BCUT2D eigenvalue weighted by atomic mass is 10.1. The van der Waals surface area contributed by atoms with E-state index in [0.29, 0.717) is 0 Å². The summed E-state index contributed by atoms with van der Waals surface area (Å²) < 4.78 is 171. The lowest BCUT2D eigenvalue weighted by Crippen LogP contribution is -2.65. The lowest BCUT2D eigenvalue weighted by molar-refractivity contribution is -0.345. The molecule has 0 aliphatic heterocycles. The Kier molecular flexibility index (Phi) is 5.80. The Morgan fingerprint density at radius 1 is 0.462 bits per heavy atom. The maximum absolute atomic E-state index is 12.7. The van der Waals surface area contributed by atoms with Crippen molar-refractivity contribution >= 4 is 11.8 Å². The number of hydrazine groups is 1. The van der Waals surface area contributed by atoms with Gasteiger partial charge in [-0.1, -0.05) is 0 Å². The minimum absolute atomic E-state index is 0.219. The van der Waals surface area contributed by atoms with Gasteiger partial charge in [0.2, 0.25) is 0 Å². The van der Waals surface area contributed by atoms with E-state index in [2.05, 4.69) is 0 Å². The van der Waals surface area contributed by atoms with Gasteiger partial charge in [-0.2, -0.15) is 61.5 Å². The van der Waals surface area contributed by atoms with Gasteiger partial charge in [0.15, 0.2) is 0 Å². The molecule has 18 heteroatoms. The number of nitrogens with one attached hydrogen (secondary N) is 2. The number of carbonyl (C=O) groups is 2. The highest BCUT2D eigenvalue weighted by Crippen LogP contribution is 2.47. The predicted molar refractivity (Wildman–Crippen MR) is 48.2 cm³/mol. The van der Waals surface area contributed by atoms with Crippen LogP contribution in [0.25, 0.3) is 0 Å². The Labute approximate surface area is 131 Å². The van der Waals surface area contributed by atoms with Crippen LogP contribution in [0.3, 0.4) is 0 Å². The van der Waals surface area contributed by atoms with Gasteiger partial charge in [-0.05, 0) is 0 Å². The van der Waals surface area contributed by atoms with E-state index in [0.717, 1.165) is 0 Å². The monoisotopic (exact) mass is 424 g/mol. The van der Waals surface area contributed by atoms with Crippen LogP contribution in [-0.2, 0) is 9.59 Å². The molecule has 0 fully saturated rings. The number of hydrogen-bond acceptors (Lipinski definition) is 2. The Morgan fingerprint density at radius 2 is 0.654 bits per heavy atom. The Bertz CT molecular complexity index is 512. The highest BCUT2D eigenvalue weighted by molar-refractivity contribution is 5.90. The van der Waals surface area contributed by atoms with Crippen LogP contribution in [-0.4, -0.2) is 47.9 Å². The van der Waals surface area contributed by atoms with E-state index in [4.69, 9.17) is 0 Å². The number of carbonyl (C=O) groups excluding carboxylic acids is 2. The van der Waals surface area contributed by atoms with Crippen molar-refractivity contribution < 1.29 is 71.1 Å². The molecule has 0 rings (SSSR count). The summed E-state index contributed by atoms with van der Waals surface area (Å²) >= 11 is 0. The third-order valence-electron chi connectivity index (χ3n) is 2.36. The quantitative estimate of drug-likeness (QED) is 0.539. The van der Waals surface area contributed by atoms with Crippen LogP contribution >= 0.6 is 0 Å². The molecule has 0 radical (unpaired) electrons. The molecule has 0 aromatic heterocycles. The van der Waals surface area contributed by atoms with Crippen molar-refractivity contribution in [3.63, 3.8) is 0 Å². The van der Waals surface area contributed by atoms with E-state index in [-0.39, 0.29) is 10.9 Å². The number of halogens is 14. The molecule has 2 amide bonds. The molecule has 0 atom stereocenters. The molecule has 0 aliphatic rings. The fourth-order valence-corrected chi connectivity index (χ4v) is 0.912. The molecular formula is C8H2F14N2O2. The number of rotatable bonds is 4. The molecule has 4 nitrogen and oxygen atoms in total. The first-order valence-corrected chi connectivity index (χ1v) is 5.30. The van der Waals surface area contributed by atoms with Crippen LogP contribution in [0.2, 0.25) is 0 Å². The summed E-state index contributed by atoms with van der Waals surface area (Å²) in [6, 6.07) is 0. The smallest absolute Gasteiger partial charge is 0.266 e. The van der Waals surface area contributed by atoms with Crippen molar-refractivity contribution in [2.75, 3.05) is 0 Å². The van der Waals surface area contributed by atoms with Crippen molar-refractivity contribution in [2.45, 2.75) is 36.0 Å². The first-order valence-electron chi connectivity index (χ1n) is 5.30. The summed E-state index contributed by atoms with van der Waals surface area (Å²) in [6.07, 6.45) is -14.1. The topological polar surface area (TPSA) is 58.2 Å². The van der Waals surface area contributed by atoms with E-state index in [1.54, 1.807) is 0 Å². The number of amides is 2. The molecule has 0 heterocycles. The molecule has 0 saturated carbocycles. The zero-order chi connectivity index (χ0) is 21.6. The van der Waals surface area contributed by atoms with E-state index >= 15 is 0 Å². The van der Waals surface area contributed by atoms with E-state index in [1.165, 1.54) is 0 Å². The fraction of sp³-hybridized carbons (Fsp3) is 0.750. The van der Waals surface area contributed by atoms with Crippen molar-refractivity contribution in [1.29, 1.82) is 0 Å². The summed E-state index contributed by atoms with van der Waals surface area (Å²) in [4.78, 5) is 21.1. The lowest BCUT2D eigenvalue weighted by Gasteiger charge is -2.29. The van der Waals surface area contributed by atoms with Crippen LogP contribution in [0.5, 0.6) is 0 Å². The summed E-state index contributed by atoms with van der Waals surface area (Å²) in [5.41, 5.74) is -0.437. The summed E-state index contributed by atoms with van der Waals surface area (Å²) in [5, 5.41) is 0. The minimum atomic E-state index is -7.12. The molecule has 2 N–H and O–H groups in total. The largest absolute Gasteiger partial charge is 0.460 e. The van der Waals surface area contributed by atoms with Gasteiger partial charge < -0.3 is 0 Å². The normalized spacial score (nSPS) is 14.8. The van der Waals surface area contributed by atoms with E-state index in [9.17, 15) is 71.1 Å². The SMILES string of the molecule is O=C(NNC(=O)C(F)(F)C(F)(F)C(F)(F)F)C(F)(F)C(F)(F)C(F)(F)F. The first kappa shape index (κ1) is 24.0. The van der Waals surface area contributed by atoms with Crippen LogP contribution in [0, 0.1) is 0 Å². The van der Waals surface area contributed by atoms with Crippen LogP contribution in [0.1, 0.15) is 0 Å². The Balaban J connectivity index is 5.38. The highest BCUT2D eigenvalue weighted by atomic mass is 19.4. The molecule has 0 aromatic carbocycles. The maximum atomic E-state index is 12.7. The second-order valence-corrected chi connectivity index (χ2v) is 4.20. The average Bonchev–Trinajstić information content (AvgIpc) is 2.40. The van der Waals surface area contributed by atoms with Crippen molar-refractivity contribution in [2.24, 2.45) is 0 Å². The van der Waals surface area contributed by atoms with Crippen molar-refractivity contribution in [1.82, 2.24) is 10.9 Å². The predicted octanol–water partition coefficient (Wildman–Crippen LogP) is 2.80. The van der Waals surface area contributed by atoms with Gasteiger partial charge in [0.25, 0.3) is 0 Å². The van der Waals surface area contributed by atoms with Crippen LogP contribution in [0.15, 0.2) is 0 Å². The standard InChI is InChI=1S/C8H2F14N2O2/c9-3(10,5(13,14)7(17,18)19)1(25)23-24-2(26)4(11,12)6(15,16)8(20,21)22/h(H,23,25)(H,24,26). The molecule has 26 heavy (non-hydrogen) atoms. The molecule has 0 aromatic rings. The highest BCUT2D eigenvalue weighted by Gasteiger charge is 2.78. The van der Waals surface area contributed by atoms with Gasteiger partial charge in [-0.15, -0.1) is 0 Å². The zero-order valence-electron chi connectivity index (χ0n) is 11.1. The fourth-order valence-electron chi connectivity index (χ4n) is 0.912. The van der Waals surface area contributed by atoms with E-state index in [1.807, 2.05) is 0 Å². The molecule has 154 valence electrons. The summed E-state index contributed by atoms with van der Waals surface area (Å²) in [6.45, 7) is 0. The molecule has 0 unspecified atom stereocenters. The van der Waals surface area contributed by atoms with Gasteiger partial charge in [-0.3, -0.25) is 20.4 Å². The van der Waals surface area contributed by atoms with Gasteiger partial charge in [0.05, 0.1) is 0 Å². The second-order valence-electron chi connectivity index (χ2n) is 4.20. The Morgan fingerprint density at radius 3 is 0.808 bits per heavy atom. The van der Waals surface area contributed by atoms with Crippen molar-refractivity contribution in [3.05, 3.63) is 0 Å². The molecular weight excluding hydrogens is 422 g/mol. The van der Waals surface area contributed by atoms with E-state index < -0.39 is 47.9 Å².